The number of benzene rings is 1. The van der Waals surface area contributed by atoms with E-state index in [-0.39, 0.29) is 35.0 Å². The minimum absolute atomic E-state index is 0.101. The summed E-state index contributed by atoms with van der Waals surface area (Å²) in [6, 6.07) is 9.13. The summed E-state index contributed by atoms with van der Waals surface area (Å²) in [4.78, 5) is 18.6. The van der Waals surface area contributed by atoms with Crippen molar-refractivity contribution in [1.29, 1.82) is 0 Å². The number of fused-ring (bicyclic) bond motifs is 2. The lowest BCUT2D eigenvalue weighted by molar-refractivity contribution is 0.0796. The van der Waals surface area contributed by atoms with Crippen LogP contribution in [0.5, 0.6) is 0 Å². The Balaban J connectivity index is 1.46. The molecule has 0 N–H and O–H groups in total. The maximum atomic E-state index is 14.2. The van der Waals surface area contributed by atoms with Gasteiger partial charge in [-0.1, -0.05) is 17.2 Å². The Bertz CT molecular complexity index is 1710. The molecule has 2 atom stereocenters. The molecule has 0 radical (unpaired) electrons. The van der Waals surface area contributed by atoms with Crippen molar-refractivity contribution >= 4 is 33.3 Å². The number of ketones is 1. The first-order valence-corrected chi connectivity index (χ1v) is 14.0. The number of aryl methyl sites for hydroxylation is 1. The van der Waals surface area contributed by atoms with Gasteiger partial charge in [0.05, 0.1) is 34.4 Å². The highest BCUT2D eigenvalue weighted by Crippen LogP contribution is 2.51. The molecule has 0 unspecified atom stereocenters. The number of aromatic nitrogens is 5. The van der Waals surface area contributed by atoms with Crippen LogP contribution in [0.3, 0.4) is 0 Å². The highest BCUT2D eigenvalue weighted by Gasteiger charge is 2.52. The van der Waals surface area contributed by atoms with Crippen LogP contribution in [0.15, 0.2) is 71.7 Å². The third-order valence-corrected chi connectivity index (χ3v) is 9.91. The Hall–Kier alpha value is -3.63. The molecule has 194 valence electrons. The van der Waals surface area contributed by atoms with E-state index in [4.69, 9.17) is 11.6 Å². The molecule has 11 heteroatoms. The first kappa shape index (κ1) is 24.7. The number of carbonyl (C=O) groups excluding carboxylic acids is 1. The fourth-order valence-electron chi connectivity index (χ4n) is 5.63. The maximum absolute atomic E-state index is 14.2. The third kappa shape index (κ3) is 3.99. The molecule has 1 aromatic carbocycles. The second-order valence-corrected chi connectivity index (χ2v) is 12.5. The van der Waals surface area contributed by atoms with Gasteiger partial charge in [-0.25, -0.2) is 17.5 Å². The van der Waals surface area contributed by atoms with Gasteiger partial charge in [0.25, 0.3) is 0 Å². The number of sulfone groups is 1. The number of carbonyl (C=O) groups is 1. The summed E-state index contributed by atoms with van der Waals surface area (Å²) in [5.74, 6) is -0.613. The largest absolute Gasteiger partial charge is 0.291 e. The van der Waals surface area contributed by atoms with Crippen molar-refractivity contribution in [2.24, 2.45) is 12.5 Å². The van der Waals surface area contributed by atoms with E-state index in [1.54, 1.807) is 36.1 Å². The number of allylic oxidation sites excluding steroid dienone is 1. The Morgan fingerprint density at radius 2 is 1.95 bits per heavy atom. The molecule has 1 fully saturated rings. The number of Topliss-reactive ketones (excluding diaryl/α,β-unsaturated/α-hetero) is 1. The van der Waals surface area contributed by atoms with Crippen molar-refractivity contribution in [2.75, 3.05) is 0 Å². The van der Waals surface area contributed by atoms with E-state index >= 15 is 0 Å². The number of pyridine rings is 1. The minimum atomic E-state index is -3.74. The first-order valence-electron chi connectivity index (χ1n) is 12.1. The monoisotopic (exact) mass is 551 g/mol. The van der Waals surface area contributed by atoms with Gasteiger partial charge in [-0.15, -0.1) is 0 Å². The molecular weight excluding hydrogens is 529 g/mol. The van der Waals surface area contributed by atoms with Crippen LogP contribution in [0, 0.1) is 11.2 Å². The van der Waals surface area contributed by atoms with Crippen molar-refractivity contribution < 1.29 is 17.6 Å². The van der Waals surface area contributed by atoms with Crippen LogP contribution in [0.2, 0.25) is 5.02 Å². The molecule has 1 saturated carbocycles. The zero-order valence-electron chi connectivity index (χ0n) is 20.4. The Kier molecular flexibility index (Phi) is 5.84. The predicted octanol–water partition coefficient (Wildman–Crippen LogP) is 4.63. The van der Waals surface area contributed by atoms with Gasteiger partial charge in [-0.05, 0) is 73.7 Å². The maximum Gasteiger partial charge on any atom is 0.191 e. The highest BCUT2D eigenvalue weighted by atomic mass is 35.5. The summed E-state index contributed by atoms with van der Waals surface area (Å²) < 4.78 is 43.9. The van der Waals surface area contributed by atoms with E-state index < -0.39 is 20.5 Å². The number of rotatable bonds is 5. The van der Waals surface area contributed by atoms with Crippen molar-refractivity contribution in [2.45, 2.75) is 35.8 Å². The van der Waals surface area contributed by atoms with Gasteiger partial charge in [0.15, 0.2) is 15.6 Å². The molecule has 3 aromatic heterocycles. The molecule has 0 saturated heterocycles. The lowest BCUT2D eigenvalue weighted by Crippen LogP contribution is -2.45. The van der Waals surface area contributed by atoms with Crippen LogP contribution in [-0.2, 0) is 23.3 Å². The van der Waals surface area contributed by atoms with Crippen molar-refractivity contribution in [3.8, 4) is 5.69 Å². The van der Waals surface area contributed by atoms with Crippen LogP contribution in [0.25, 0.3) is 11.8 Å². The highest BCUT2D eigenvalue weighted by molar-refractivity contribution is 7.92. The molecule has 2 aliphatic rings. The molecule has 3 heterocycles. The van der Waals surface area contributed by atoms with E-state index in [0.717, 1.165) is 16.8 Å². The van der Waals surface area contributed by atoms with Gasteiger partial charge >= 0.3 is 0 Å². The average molecular weight is 552 g/mol. The Morgan fingerprint density at radius 3 is 2.66 bits per heavy atom. The first-order chi connectivity index (χ1) is 18.2. The van der Waals surface area contributed by atoms with E-state index in [2.05, 4.69) is 15.2 Å². The fourth-order valence-corrected chi connectivity index (χ4v) is 7.60. The second kappa shape index (κ2) is 8.99. The van der Waals surface area contributed by atoms with Crippen molar-refractivity contribution in [3.63, 3.8) is 0 Å². The SMILES string of the molecule is Cn1cc(S(=O)(=O)[C@H]2CCC3=Cc4c(cnn4-c4ccc(F)cc4)C[C@]3(C(=O)c3cc(Cl)ccn3)C2)cn1. The van der Waals surface area contributed by atoms with E-state index in [1.165, 1.54) is 41.5 Å². The third-order valence-electron chi connectivity index (χ3n) is 7.52. The summed E-state index contributed by atoms with van der Waals surface area (Å²) in [7, 11) is -2.07. The van der Waals surface area contributed by atoms with Gasteiger partial charge in [-0.2, -0.15) is 10.2 Å². The molecule has 38 heavy (non-hydrogen) atoms. The number of hydrogen-bond acceptors (Lipinski definition) is 6. The molecular formula is C27H23ClFN5O3S. The fraction of sp³-hybridized carbons (Fsp3) is 0.259. The molecule has 6 rings (SSSR count). The van der Waals surface area contributed by atoms with Crippen LogP contribution in [-0.4, -0.2) is 44.0 Å². The summed E-state index contributed by atoms with van der Waals surface area (Å²) in [6.45, 7) is 0. The van der Waals surface area contributed by atoms with Gasteiger partial charge in [0.1, 0.15) is 16.4 Å². The second-order valence-electron chi connectivity index (χ2n) is 9.82. The molecule has 0 spiro atoms. The Labute approximate surface area is 223 Å². The van der Waals surface area contributed by atoms with E-state index in [9.17, 15) is 17.6 Å². The van der Waals surface area contributed by atoms with Gasteiger partial charge < -0.3 is 0 Å². The summed E-state index contributed by atoms with van der Waals surface area (Å²) in [5.41, 5.74) is 2.18. The van der Waals surface area contributed by atoms with Gasteiger partial charge in [-0.3, -0.25) is 14.5 Å². The summed E-state index contributed by atoms with van der Waals surface area (Å²) in [6.07, 6.45) is 9.06. The average Bonchev–Trinajstić information content (AvgIpc) is 3.53. The van der Waals surface area contributed by atoms with Gasteiger partial charge in [0.2, 0.25) is 0 Å². The summed E-state index contributed by atoms with van der Waals surface area (Å²) >= 11 is 6.20. The Morgan fingerprint density at radius 1 is 1.16 bits per heavy atom. The zero-order chi connectivity index (χ0) is 26.7. The normalized spacial score (nSPS) is 20.9. The van der Waals surface area contributed by atoms with Crippen LogP contribution in [0.1, 0.15) is 41.0 Å². The molecule has 0 bridgehead atoms. The number of halogens is 2. The molecule has 0 amide bonds. The van der Waals surface area contributed by atoms with E-state index in [0.29, 0.717) is 23.6 Å². The van der Waals surface area contributed by atoms with Crippen LogP contribution < -0.4 is 0 Å². The minimum Gasteiger partial charge on any atom is -0.291 e. The standard InChI is InChI=1S/C27H23ClFN5O3S/c1-33-16-23(15-31-33)38(36,37)22-7-2-18-10-25-17(14-32-34(25)21-5-3-20(29)4-6-21)12-27(18,13-22)26(35)24-11-19(28)8-9-30-24/h3-6,8-11,14-16,22H,2,7,12-13H2,1H3/t22-,27-/m0/s1. The van der Waals surface area contributed by atoms with Crippen molar-refractivity contribution in [1.82, 2.24) is 24.5 Å². The van der Waals surface area contributed by atoms with Crippen LogP contribution >= 0.6 is 11.6 Å². The summed E-state index contributed by atoms with van der Waals surface area (Å²) in [5, 5.41) is 8.16. The molecule has 2 aliphatic carbocycles. The van der Waals surface area contributed by atoms with Gasteiger partial charge in [0, 0.05) is 24.5 Å². The smallest absolute Gasteiger partial charge is 0.191 e. The number of nitrogens with zero attached hydrogens (tertiary/aromatic N) is 5. The van der Waals surface area contributed by atoms with Crippen molar-refractivity contribution in [3.05, 3.63) is 94.5 Å². The molecule has 4 aromatic rings. The topological polar surface area (TPSA) is 99.7 Å². The number of hydrogen-bond donors (Lipinski definition) is 0. The zero-order valence-corrected chi connectivity index (χ0v) is 22.0. The predicted molar refractivity (Wildman–Crippen MR) is 139 cm³/mol. The lowest BCUT2D eigenvalue weighted by atomic mass is 9.61. The van der Waals surface area contributed by atoms with Crippen LogP contribution in [0.4, 0.5) is 4.39 Å². The quantitative estimate of drug-likeness (QED) is 0.335. The molecule has 8 nitrogen and oxygen atoms in total. The molecule has 0 aliphatic heterocycles. The van der Waals surface area contributed by atoms with E-state index in [1.807, 2.05) is 6.08 Å². The lowest BCUT2D eigenvalue weighted by Gasteiger charge is -2.43.